The first-order valence-electron chi connectivity index (χ1n) is 15.5. The van der Waals surface area contributed by atoms with Crippen molar-refractivity contribution in [2.75, 3.05) is 39.4 Å². The number of rotatable bonds is 13. The Balaban J connectivity index is 1.35. The highest BCUT2D eigenvalue weighted by atomic mass is 32.2. The molecule has 0 aliphatic carbocycles. The number of sulfonamides is 1. The van der Waals surface area contributed by atoms with Crippen molar-refractivity contribution in [2.24, 2.45) is 0 Å². The minimum atomic E-state index is -3.78. The number of hydrogen-bond acceptors (Lipinski definition) is 4. The Morgan fingerprint density at radius 3 is 2.16 bits per heavy atom. The average Bonchev–Trinajstić information content (AvgIpc) is 3.01. The van der Waals surface area contributed by atoms with Crippen molar-refractivity contribution < 1.29 is 22.4 Å². The van der Waals surface area contributed by atoms with E-state index in [2.05, 4.69) is 70.2 Å². The molecule has 0 radical (unpaired) electrons. The minimum absolute atomic E-state index is 0.236. The highest BCUT2D eigenvalue weighted by Gasteiger charge is 2.28. The average molecular weight is 602 g/mol. The topological polar surface area (TPSA) is 55.8 Å². The van der Waals surface area contributed by atoms with Crippen LogP contribution in [0.25, 0.3) is 10.8 Å². The molecule has 0 N–H and O–H groups in total. The molecule has 43 heavy (non-hydrogen) atoms. The zero-order valence-corrected chi connectivity index (χ0v) is 26.8. The van der Waals surface area contributed by atoms with Crippen molar-refractivity contribution in [1.29, 1.82) is 0 Å². The van der Waals surface area contributed by atoms with Gasteiger partial charge in [0.15, 0.2) is 11.5 Å². The Labute approximate surface area is 257 Å². The van der Waals surface area contributed by atoms with Crippen molar-refractivity contribution in [3.63, 3.8) is 0 Å². The number of ether oxygens (including phenoxy) is 2. The van der Waals surface area contributed by atoms with Crippen LogP contribution in [-0.2, 0) is 23.1 Å². The molecule has 1 aliphatic heterocycles. The van der Waals surface area contributed by atoms with E-state index >= 15 is 0 Å². The van der Waals surface area contributed by atoms with E-state index in [0.29, 0.717) is 37.8 Å². The molecule has 0 fully saturated rings. The zero-order valence-electron chi connectivity index (χ0n) is 26.0. The molecule has 0 spiro atoms. The van der Waals surface area contributed by atoms with Crippen LogP contribution in [0.15, 0.2) is 83.8 Å². The number of aryl methyl sites for hydroxylation is 2. The summed E-state index contributed by atoms with van der Waals surface area (Å²) >= 11 is 0. The first kappa shape index (κ1) is 31.0. The molecule has 1 heterocycles. The van der Waals surface area contributed by atoms with Crippen LogP contribution in [0.5, 0.6) is 11.5 Å². The highest BCUT2D eigenvalue weighted by molar-refractivity contribution is 7.89. The van der Waals surface area contributed by atoms with Crippen molar-refractivity contribution in [3.8, 4) is 11.5 Å². The molecule has 6 nitrogen and oxygen atoms in total. The molecule has 4 aromatic rings. The molecule has 5 rings (SSSR count). The Morgan fingerprint density at radius 2 is 1.44 bits per heavy atom. The minimum Gasteiger partial charge on any atom is -0.486 e. The molecule has 228 valence electrons. The van der Waals surface area contributed by atoms with Gasteiger partial charge in [0.2, 0.25) is 10.0 Å². The Hall–Kier alpha value is -3.39. The number of benzene rings is 4. The van der Waals surface area contributed by atoms with E-state index in [1.165, 1.54) is 16.7 Å². The second-order valence-corrected chi connectivity index (χ2v) is 13.8. The monoisotopic (exact) mass is 601 g/mol. The van der Waals surface area contributed by atoms with Gasteiger partial charge in [0, 0.05) is 24.7 Å². The van der Waals surface area contributed by atoms with Gasteiger partial charge in [-0.15, -0.1) is 0 Å². The molecule has 0 saturated carbocycles. The SMILES string of the molecule is CC[N+](CC)(CCCCN(Cc1ccc2ccccc2c1)S(=O)(=O)c1ccc2c(c1)OCCO2)Cc1cc(C)cc(C)c1. The van der Waals surface area contributed by atoms with Crippen molar-refractivity contribution in [3.05, 3.63) is 101 Å². The summed E-state index contributed by atoms with van der Waals surface area (Å²) in [6.07, 6.45) is 1.72. The number of nitrogens with zero attached hydrogens (tertiary/aromatic N) is 2. The van der Waals surface area contributed by atoms with E-state index < -0.39 is 10.0 Å². The number of hydrogen-bond donors (Lipinski definition) is 0. The predicted molar refractivity (Wildman–Crippen MR) is 174 cm³/mol. The third-order valence-corrected chi connectivity index (χ3v) is 10.6. The van der Waals surface area contributed by atoms with Crippen LogP contribution in [0, 0.1) is 13.8 Å². The molecule has 0 atom stereocenters. The molecule has 0 amide bonds. The molecular formula is C36H45N2O4S+. The van der Waals surface area contributed by atoms with E-state index in [4.69, 9.17) is 9.47 Å². The van der Waals surface area contributed by atoms with E-state index in [-0.39, 0.29) is 4.90 Å². The van der Waals surface area contributed by atoms with E-state index in [1.807, 2.05) is 18.2 Å². The molecule has 1 aliphatic rings. The fourth-order valence-electron chi connectivity index (χ4n) is 6.28. The standard InChI is InChI=1S/C36H45N2O4S/c1-5-38(6-2,27-31-22-28(3)21-29(4)23-31)18-10-9-17-37(26-30-13-14-32-11-7-8-12-33(32)24-30)43(39,40)34-15-16-35-36(25-34)42-20-19-41-35/h7-8,11-16,21-25H,5-6,9-10,17-20,26-27H2,1-4H3/q+1. The summed E-state index contributed by atoms with van der Waals surface area (Å²) < 4.78 is 42.2. The Morgan fingerprint density at radius 1 is 0.744 bits per heavy atom. The maximum Gasteiger partial charge on any atom is 0.243 e. The van der Waals surface area contributed by atoms with Gasteiger partial charge in [0.1, 0.15) is 19.8 Å². The third-order valence-electron chi connectivity index (χ3n) is 8.76. The number of quaternary nitrogens is 1. The Bertz CT molecular complexity index is 1640. The molecule has 0 aromatic heterocycles. The zero-order chi connectivity index (χ0) is 30.5. The second kappa shape index (κ2) is 13.5. The van der Waals surface area contributed by atoms with Gasteiger partial charge in [0.25, 0.3) is 0 Å². The molecule has 0 bridgehead atoms. The van der Waals surface area contributed by atoms with Crippen LogP contribution in [0.3, 0.4) is 0 Å². The van der Waals surface area contributed by atoms with Gasteiger partial charge in [-0.05, 0) is 75.1 Å². The van der Waals surface area contributed by atoms with Crippen LogP contribution < -0.4 is 9.47 Å². The highest BCUT2D eigenvalue weighted by Crippen LogP contribution is 2.34. The van der Waals surface area contributed by atoms with Crippen LogP contribution in [0.2, 0.25) is 0 Å². The quantitative estimate of drug-likeness (QED) is 0.120. The maximum atomic E-state index is 14.1. The number of fused-ring (bicyclic) bond motifs is 2. The largest absolute Gasteiger partial charge is 0.486 e. The number of unbranched alkanes of at least 4 members (excludes halogenated alkanes) is 1. The summed E-state index contributed by atoms with van der Waals surface area (Å²) in [6.45, 7) is 14.6. The lowest BCUT2D eigenvalue weighted by Gasteiger charge is -2.37. The second-order valence-electron chi connectivity index (χ2n) is 11.9. The summed E-state index contributed by atoms with van der Waals surface area (Å²) in [7, 11) is -3.78. The lowest BCUT2D eigenvalue weighted by molar-refractivity contribution is -0.938. The first-order valence-corrected chi connectivity index (χ1v) is 16.9. The van der Waals surface area contributed by atoms with Crippen LogP contribution >= 0.6 is 0 Å². The first-order chi connectivity index (χ1) is 20.7. The molecular weight excluding hydrogens is 556 g/mol. The summed E-state index contributed by atoms with van der Waals surface area (Å²) in [5.41, 5.74) is 4.95. The van der Waals surface area contributed by atoms with Gasteiger partial charge < -0.3 is 14.0 Å². The van der Waals surface area contributed by atoms with Gasteiger partial charge in [0.05, 0.1) is 24.5 Å². The van der Waals surface area contributed by atoms with Crippen LogP contribution in [-0.4, -0.2) is 56.6 Å². The van der Waals surface area contributed by atoms with E-state index in [1.54, 1.807) is 22.5 Å². The molecule has 0 unspecified atom stereocenters. The van der Waals surface area contributed by atoms with Gasteiger partial charge in [-0.3, -0.25) is 0 Å². The van der Waals surface area contributed by atoms with Gasteiger partial charge in [-0.2, -0.15) is 4.31 Å². The van der Waals surface area contributed by atoms with Crippen LogP contribution in [0.1, 0.15) is 48.9 Å². The molecule has 4 aromatic carbocycles. The van der Waals surface area contributed by atoms with Crippen molar-refractivity contribution in [2.45, 2.75) is 58.5 Å². The van der Waals surface area contributed by atoms with Crippen molar-refractivity contribution in [1.82, 2.24) is 4.31 Å². The third kappa shape index (κ3) is 7.40. The van der Waals surface area contributed by atoms with Gasteiger partial charge in [-0.1, -0.05) is 65.7 Å². The lowest BCUT2D eigenvalue weighted by atomic mass is 10.1. The van der Waals surface area contributed by atoms with Crippen molar-refractivity contribution >= 4 is 20.8 Å². The normalized spacial score (nSPS) is 13.5. The van der Waals surface area contributed by atoms with Gasteiger partial charge >= 0.3 is 0 Å². The summed E-state index contributed by atoms with van der Waals surface area (Å²) in [6, 6.07) is 26.2. The summed E-state index contributed by atoms with van der Waals surface area (Å²) in [5, 5.41) is 2.25. The summed E-state index contributed by atoms with van der Waals surface area (Å²) in [4.78, 5) is 0.236. The fourth-order valence-corrected chi connectivity index (χ4v) is 7.77. The smallest absolute Gasteiger partial charge is 0.243 e. The summed E-state index contributed by atoms with van der Waals surface area (Å²) in [5.74, 6) is 1.07. The predicted octanol–water partition coefficient (Wildman–Crippen LogP) is 7.26. The van der Waals surface area contributed by atoms with E-state index in [0.717, 1.165) is 59.8 Å². The van der Waals surface area contributed by atoms with Crippen LogP contribution in [0.4, 0.5) is 0 Å². The molecule has 7 heteroatoms. The molecule has 0 saturated heterocycles. The fraction of sp³-hybridized carbons (Fsp3) is 0.389. The van der Waals surface area contributed by atoms with E-state index in [9.17, 15) is 8.42 Å². The lowest BCUT2D eigenvalue weighted by Crippen LogP contribution is -2.47. The van der Waals surface area contributed by atoms with Gasteiger partial charge in [-0.25, -0.2) is 8.42 Å². The maximum absolute atomic E-state index is 14.1. The Kier molecular flexibility index (Phi) is 9.75.